The van der Waals surface area contributed by atoms with Gasteiger partial charge >= 0.3 is 0 Å². The number of benzene rings is 2. The number of nitrogens with one attached hydrogen (secondary N) is 2. The Bertz CT molecular complexity index is 799. The molecule has 0 radical (unpaired) electrons. The first-order valence-electron chi connectivity index (χ1n) is 7.18. The molecule has 0 saturated heterocycles. The minimum absolute atomic E-state index is 0.0939. The van der Waals surface area contributed by atoms with Crippen molar-refractivity contribution in [2.45, 2.75) is 25.6 Å². The highest BCUT2D eigenvalue weighted by Crippen LogP contribution is 2.21. The molecule has 0 spiro atoms. The van der Waals surface area contributed by atoms with E-state index in [4.69, 9.17) is 0 Å². The Labute approximate surface area is 138 Å². The third kappa shape index (κ3) is 4.41. The molecule has 0 heterocycles. The lowest BCUT2D eigenvalue weighted by molar-refractivity contribution is 0.547. The van der Waals surface area contributed by atoms with E-state index < -0.39 is 38.4 Å². The second-order valence-electron chi connectivity index (χ2n) is 5.49. The molecule has 8 heteroatoms. The first kappa shape index (κ1) is 18.1. The number of hydrogen-bond acceptors (Lipinski definition) is 3. The standard InChI is InChI=1S/C16H17F3N2O2S/c1-10(2)24(22,23)21-13-5-3-11(4-6-13)9-20-16-14(18)7-12(17)8-15(16)19/h3-8,10,20-21H,9H2,1-2H3. The maximum atomic E-state index is 13.5. The highest BCUT2D eigenvalue weighted by atomic mass is 32.2. The highest BCUT2D eigenvalue weighted by molar-refractivity contribution is 7.93. The predicted octanol–water partition coefficient (Wildman–Crippen LogP) is 3.87. The average molecular weight is 358 g/mol. The largest absolute Gasteiger partial charge is 0.376 e. The molecule has 0 bridgehead atoms. The third-order valence-corrected chi connectivity index (χ3v) is 5.07. The normalized spacial score (nSPS) is 11.6. The lowest BCUT2D eigenvalue weighted by Gasteiger charge is -2.12. The van der Waals surface area contributed by atoms with E-state index in [9.17, 15) is 21.6 Å². The van der Waals surface area contributed by atoms with Crippen LogP contribution in [0.4, 0.5) is 24.5 Å². The maximum Gasteiger partial charge on any atom is 0.235 e. The van der Waals surface area contributed by atoms with Gasteiger partial charge in [0.1, 0.15) is 11.5 Å². The molecule has 0 aromatic heterocycles. The van der Waals surface area contributed by atoms with Crippen LogP contribution in [0.5, 0.6) is 0 Å². The van der Waals surface area contributed by atoms with E-state index in [2.05, 4.69) is 10.0 Å². The van der Waals surface area contributed by atoms with Crippen LogP contribution in [0.3, 0.4) is 0 Å². The van der Waals surface area contributed by atoms with E-state index in [1.165, 1.54) is 0 Å². The van der Waals surface area contributed by atoms with Gasteiger partial charge in [-0.25, -0.2) is 21.6 Å². The lowest BCUT2D eigenvalue weighted by atomic mass is 10.2. The molecule has 2 aromatic carbocycles. The molecule has 0 aliphatic heterocycles. The van der Waals surface area contributed by atoms with Gasteiger partial charge in [0.25, 0.3) is 0 Å². The topological polar surface area (TPSA) is 58.2 Å². The van der Waals surface area contributed by atoms with Crippen molar-refractivity contribution in [3.05, 3.63) is 59.4 Å². The molecule has 0 saturated carbocycles. The van der Waals surface area contributed by atoms with E-state index >= 15 is 0 Å². The van der Waals surface area contributed by atoms with Crippen molar-refractivity contribution >= 4 is 21.4 Å². The summed E-state index contributed by atoms with van der Waals surface area (Å²) in [5.74, 6) is -3.03. The minimum atomic E-state index is -3.44. The molecule has 130 valence electrons. The van der Waals surface area contributed by atoms with Crippen LogP contribution in [0.2, 0.25) is 0 Å². The summed E-state index contributed by atoms with van der Waals surface area (Å²) in [5.41, 5.74) is 0.651. The Hall–Kier alpha value is -2.22. The fraction of sp³-hybridized carbons (Fsp3) is 0.250. The number of rotatable bonds is 6. The van der Waals surface area contributed by atoms with Crippen molar-refractivity contribution in [3.8, 4) is 0 Å². The van der Waals surface area contributed by atoms with Gasteiger partial charge in [0.05, 0.1) is 5.25 Å². The van der Waals surface area contributed by atoms with Crippen molar-refractivity contribution in [2.75, 3.05) is 10.0 Å². The fourth-order valence-electron chi connectivity index (χ4n) is 1.87. The van der Waals surface area contributed by atoms with Crippen LogP contribution in [-0.4, -0.2) is 13.7 Å². The van der Waals surface area contributed by atoms with Gasteiger partial charge in [-0.3, -0.25) is 4.72 Å². The quantitative estimate of drug-likeness (QED) is 0.824. The summed E-state index contributed by atoms with van der Waals surface area (Å²) in [6.07, 6.45) is 0. The molecular formula is C16H17F3N2O2S. The summed E-state index contributed by atoms with van der Waals surface area (Å²) >= 11 is 0. The zero-order chi connectivity index (χ0) is 17.9. The SMILES string of the molecule is CC(C)S(=O)(=O)Nc1ccc(CNc2c(F)cc(F)cc2F)cc1. The van der Waals surface area contributed by atoms with Gasteiger partial charge in [-0.1, -0.05) is 12.1 Å². The molecule has 24 heavy (non-hydrogen) atoms. The van der Waals surface area contributed by atoms with Gasteiger partial charge in [-0.05, 0) is 31.5 Å². The molecule has 0 fully saturated rings. The summed E-state index contributed by atoms with van der Waals surface area (Å²) in [6, 6.07) is 7.52. The molecular weight excluding hydrogens is 341 g/mol. The summed E-state index contributed by atoms with van der Waals surface area (Å²) < 4.78 is 65.8. The molecule has 2 N–H and O–H groups in total. The lowest BCUT2D eigenvalue weighted by Crippen LogP contribution is -2.22. The molecule has 2 rings (SSSR count). The number of anilines is 2. The first-order valence-corrected chi connectivity index (χ1v) is 8.72. The van der Waals surface area contributed by atoms with Crippen LogP contribution < -0.4 is 10.0 Å². The molecule has 0 unspecified atom stereocenters. The van der Waals surface area contributed by atoms with Gasteiger partial charge in [-0.15, -0.1) is 0 Å². The van der Waals surface area contributed by atoms with Crippen molar-refractivity contribution in [1.82, 2.24) is 0 Å². The summed E-state index contributed by atoms with van der Waals surface area (Å²) in [7, 11) is -3.44. The van der Waals surface area contributed by atoms with Crippen molar-refractivity contribution in [2.24, 2.45) is 0 Å². The average Bonchev–Trinajstić information content (AvgIpc) is 2.47. The summed E-state index contributed by atoms with van der Waals surface area (Å²) in [6.45, 7) is 3.22. The van der Waals surface area contributed by atoms with E-state index in [1.807, 2.05) is 0 Å². The Kier molecular flexibility index (Phi) is 5.38. The Morgan fingerprint density at radius 2 is 1.54 bits per heavy atom. The van der Waals surface area contributed by atoms with Crippen LogP contribution in [0.25, 0.3) is 0 Å². The maximum absolute atomic E-state index is 13.5. The van der Waals surface area contributed by atoms with E-state index in [0.717, 1.165) is 0 Å². The molecule has 0 aliphatic carbocycles. The summed E-state index contributed by atoms with van der Waals surface area (Å²) in [4.78, 5) is 0. The monoisotopic (exact) mass is 358 g/mol. The number of hydrogen-bond donors (Lipinski definition) is 2. The number of sulfonamides is 1. The predicted molar refractivity (Wildman–Crippen MR) is 87.8 cm³/mol. The van der Waals surface area contributed by atoms with Crippen LogP contribution >= 0.6 is 0 Å². The highest BCUT2D eigenvalue weighted by Gasteiger charge is 2.15. The fourth-order valence-corrected chi connectivity index (χ4v) is 2.57. The Morgan fingerprint density at radius 1 is 1.00 bits per heavy atom. The van der Waals surface area contributed by atoms with E-state index in [0.29, 0.717) is 23.4 Å². The molecule has 4 nitrogen and oxygen atoms in total. The van der Waals surface area contributed by atoms with Gasteiger partial charge in [-0.2, -0.15) is 0 Å². The second kappa shape index (κ2) is 7.12. The Balaban J connectivity index is 2.05. The van der Waals surface area contributed by atoms with Crippen LogP contribution in [0.1, 0.15) is 19.4 Å². The van der Waals surface area contributed by atoms with Crippen molar-refractivity contribution in [1.29, 1.82) is 0 Å². The van der Waals surface area contributed by atoms with Crippen molar-refractivity contribution < 1.29 is 21.6 Å². The van der Waals surface area contributed by atoms with Crippen LogP contribution in [0, 0.1) is 17.5 Å². The van der Waals surface area contributed by atoms with Crippen LogP contribution in [0.15, 0.2) is 36.4 Å². The van der Waals surface area contributed by atoms with Crippen LogP contribution in [-0.2, 0) is 16.6 Å². The van der Waals surface area contributed by atoms with Crippen molar-refractivity contribution in [3.63, 3.8) is 0 Å². The molecule has 0 aliphatic rings. The first-order chi connectivity index (χ1) is 11.2. The molecule has 2 aromatic rings. The second-order valence-corrected chi connectivity index (χ2v) is 7.73. The Morgan fingerprint density at radius 3 is 2.04 bits per heavy atom. The molecule has 0 atom stereocenters. The smallest absolute Gasteiger partial charge is 0.235 e. The zero-order valence-corrected chi connectivity index (χ0v) is 13.9. The van der Waals surface area contributed by atoms with E-state index in [1.54, 1.807) is 38.1 Å². The van der Waals surface area contributed by atoms with Gasteiger partial charge < -0.3 is 5.32 Å². The minimum Gasteiger partial charge on any atom is -0.376 e. The zero-order valence-electron chi connectivity index (χ0n) is 13.1. The summed E-state index contributed by atoms with van der Waals surface area (Å²) in [5, 5.41) is 1.99. The third-order valence-electron chi connectivity index (χ3n) is 3.31. The number of halogens is 3. The van der Waals surface area contributed by atoms with Gasteiger partial charge in [0.15, 0.2) is 11.6 Å². The molecule has 0 amide bonds. The van der Waals surface area contributed by atoms with Gasteiger partial charge in [0.2, 0.25) is 10.0 Å². The van der Waals surface area contributed by atoms with Gasteiger partial charge in [0, 0.05) is 24.4 Å². The van der Waals surface area contributed by atoms with E-state index in [-0.39, 0.29) is 6.54 Å².